The molecule has 0 spiro atoms. The van der Waals surface area contributed by atoms with Gasteiger partial charge < -0.3 is 15.3 Å². The van der Waals surface area contributed by atoms with Gasteiger partial charge in [-0.15, -0.1) is 6.42 Å². The predicted octanol–water partition coefficient (Wildman–Crippen LogP) is 2.78. The molecule has 5 heteroatoms. The second-order valence-corrected chi connectivity index (χ2v) is 5.62. The van der Waals surface area contributed by atoms with Crippen molar-refractivity contribution in [1.29, 1.82) is 0 Å². The smallest absolute Gasteiger partial charge is 0.322 e. The molecule has 0 saturated heterocycles. The number of nitrogens with one attached hydrogen (secondary N) is 1. The number of carboxylic acid groups (broad SMARTS) is 1. The van der Waals surface area contributed by atoms with Crippen molar-refractivity contribution in [3.05, 3.63) is 29.8 Å². The summed E-state index contributed by atoms with van der Waals surface area (Å²) in [5, 5.41) is 11.5. The number of terminal acetylenes is 1. The molecule has 0 unspecified atom stereocenters. The summed E-state index contributed by atoms with van der Waals surface area (Å²) in [6.45, 7) is 5.70. The number of anilines is 1. The zero-order chi connectivity index (χ0) is 16.0. The van der Waals surface area contributed by atoms with Crippen molar-refractivity contribution in [3.8, 4) is 12.3 Å². The summed E-state index contributed by atoms with van der Waals surface area (Å²) in [5.41, 5.74) is 0.768. The minimum Gasteiger partial charge on any atom is -0.481 e. The maximum Gasteiger partial charge on any atom is 0.322 e. The number of benzene rings is 1. The maximum atomic E-state index is 12.3. The number of carbonyl (C=O) groups is 2. The van der Waals surface area contributed by atoms with Crippen LogP contribution in [0.1, 0.15) is 32.8 Å². The fourth-order valence-corrected chi connectivity index (χ4v) is 1.83. The summed E-state index contributed by atoms with van der Waals surface area (Å²) < 4.78 is 0. The van der Waals surface area contributed by atoms with Gasteiger partial charge in [-0.3, -0.25) is 4.79 Å². The number of nitrogens with zero attached hydrogens (tertiary/aromatic N) is 1. The zero-order valence-corrected chi connectivity index (χ0v) is 12.5. The zero-order valence-electron chi connectivity index (χ0n) is 12.5. The molecule has 1 rings (SSSR count). The van der Waals surface area contributed by atoms with Gasteiger partial charge in [-0.25, -0.2) is 4.79 Å². The highest BCUT2D eigenvalue weighted by Gasteiger charge is 2.26. The summed E-state index contributed by atoms with van der Waals surface area (Å²) in [6, 6.07) is 6.59. The van der Waals surface area contributed by atoms with Crippen LogP contribution in [0.2, 0.25) is 0 Å². The highest BCUT2D eigenvalue weighted by atomic mass is 16.4. The average molecular weight is 288 g/mol. The van der Waals surface area contributed by atoms with Crippen LogP contribution in [0.4, 0.5) is 10.5 Å². The van der Waals surface area contributed by atoms with Gasteiger partial charge in [0, 0.05) is 23.3 Å². The molecular weight excluding hydrogens is 268 g/mol. The molecule has 2 N–H and O–H groups in total. The Morgan fingerprint density at radius 1 is 1.38 bits per heavy atom. The Balaban J connectivity index is 2.85. The summed E-state index contributed by atoms with van der Waals surface area (Å²) in [5.74, 6) is 1.56. The number of hydrogen-bond acceptors (Lipinski definition) is 2. The molecule has 112 valence electrons. The second kappa shape index (κ2) is 6.80. The molecule has 0 fully saturated rings. The molecule has 5 nitrogen and oxygen atoms in total. The standard InChI is InChI=1S/C16H20N2O3/c1-5-12-7-6-8-13(11-12)17-15(21)18(16(2,3)4)10-9-14(19)20/h1,6-8,11H,9-10H2,2-4H3,(H,17,21)(H,19,20). The number of aliphatic carboxylic acids is 1. The van der Waals surface area contributed by atoms with E-state index in [0.29, 0.717) is 11.3 Å². The maximum absolute atomic E-state index is 12.3. The van der Waals surface area contributed by atoms with Crippen LogP contribution in [-0.2, 0) is 4.79 Å². The van der Waals surface area contributed by atoms with E-state index in [-0.39, 0.29) is 19.0 Å². The number of hydrogen-bond donors (Lipinski definition) is 2. The lowest BCUT2D eigenvalue weighted by Crippen LogP contribution is -2.48. The third kappa shape index (κ3) is 5.19. The second-order valence-electron chi connectivity index (χ2n) is 5.62. The van der Waals surface area contributed by atoms with Crippen LogP contribution in [-0.4, -0.2) is 34.1 Å². The largest absolute Gasteiger partial charge is 0.481 e. The molecule has 0 bridgehead atoms. The number of carboxylic acids is 1. The number of carbonyl (C=O) groups excluding carboxylic acids is 1. The molecule has 0 aliphatic rings. The van der Waals surface area contributed by atoms with Crippen molar-refractivity contribution in [2.75, 3.05) is 11.9 Å². The first-order valence-electron chi connectivity index (χ1n) is 6.61. The Bertz CT molecular complexity index is 568. The minimum absolute atomic E-state index is 0.102. The van der Waals surface area contributed by atoms with E-state index in [1.165, 1.54) is 4.90 Å². The normalized spacial score (nSPS) is 10.6. The lowest BCUT2D eigenvalue weighted by atomic mass is 10.1. The van der Waals surface area contributed by atoms with Gasteiger partial charge >= 0.3 is 12.0 Å². The van der Waals surface area contributed by atoms with Crippen molar-refractivity contribution >= 4 is 17.7 Å². The van der Waals surface area contributed by atoms with Gasteiger partial charge in [-0.1, -0.05) is 12.0 Å². The molecular formula is C16H20N2O3. The Labute approximate surface area is 125 Å². The first-order chi connectivity index (χ1) is 9.74. The van der Waals surface area contributed by atoms with Crippen LogP contribution in [0.3, 0.4) is 0 Å². The van der Waals surface area contributed by atoms with Crippen molar-refractivity contribution < 1.29 is 14.7 Å². The topological polar surface area (TPSA) is 69.6 Å². The van der Waals surface area contributed by atoms with Crippen molar-refractivity contribution in [2.24, 2.45) is 0 Å². The highest BCUT2D eigenvalue weighted by Crippen LogP contribution is 2.17. The Morgan fingerprint density at radius 2 is 2.05 bits per heavy atom. The van der Waals surface area contributed by atoms with Crippen LogP contribution >= 0.6 is 0 Å². The van der Waals surface area contributed by atoms with Gasteiger partial charge in [0.15, 0.2) is 0 Å². The molecule has 0 aliphatic carbocycles. The van der Waals surface area contributed by atoms with Gasteiger partial charge in [0.25, 0.3) is 0 Å². The SMILES string of the molecule is C#Cc1cccc(NC(=O)N(CCC(=O)O)C(C)(C)C)c1. The molecule has 0 atom stereocenters. The van der Waals surface area contributed by atoms with E-state index in [1.54, 1.807) is 24.3 Å². The van der Waals surface area contributed by atoms with E-state index in [0.717, 1.165) is 0 Å². The molecule has 1 aromatic carbocycles. The van der Waals surface area contributed by atoms with E-state index >= 15 is 0 Å². The fraction of sp³-hybridized carbons (Fsp3) is 0.375. The molecule has 21 heavy (non-hydrogen) atoms. The van der Waals surface area contributed by atoms with Crippen molar-refractivity contribution in [3.63, 3.8) is 0 Å². The molecule has 0 radical (unpaired) electrons. The van der Waals surface area contributed by atoms with E-state index in [1.807, 2.05) is 20.8 Å². The predicted molar refractivity (Wildman–Crippen MR) is 82.1 cm³/mol. The third-order valence-electron chi connectivity index (χ3n) is 2.88. The van der Waals surface area contributed by atoms with E-state index in [4.69, 9.17) is 11.5 Å². The van der Waals surface area contributed by atoms with Gasteiger partial charge in [0.2, 0.25) is 0 Å². The van der Waals surface area contributed by atoms with Crippen LogP contribution in [0, 0.1) is 12.3 Å². The van der Waals surface area contributed by atoms with Crippen LogP contribution in [0.15, 0.2) is 24.3 Å². The molecule has 0 aromatic heterocycles. The van der Waals surface area contributed by atoms with Gasteiger partial charge in [-0.05, 0) is 39.0 Å². The molecule has 0 heterocycles. The fourth-order valence-electron chi connectivity index (χ4n) is 1.83. The molecule has 2 amide bonds. The Morgan fingerprint density at radius 3 is 2.57 bits per heavy atom. The quantitative estimate of drug-likeness (QED) is 0.837. The van der Waals surface area contributed by atoms with Gasteiger partial charge in [-0.2, -0.15) is 0 Å². The Kier molecular flexibility index (Phi) is 5.37. The number of amides is 2. The van der Waals surface area contributed by atoms with E-state index < -0.39 is 11.5 Å². The molecule has 0 saturated carbocycles. The van der Waals surface area contributed by atoms with Crippen molar-refractivity contribution in [2.45, 2.75) is 32.7 Å². The third-order valence-corrected chi connectivity index (χ3v) is 2.88. The molecule has 0 aliphatic heterocycles. The van der Waals surface area contributed by atoms with Gasteiger partial charge in [0.1, 0.15) is 0 Å². The lowest BCUT2D eigenvalue weighted by molar-refractivity contribution is -0.137. The minimum atomic E-state index is -0.939. The van der Waals surface area contributed by atoms with Crippen molar-refractivity contribution in [1.82, 2.24) is 4.90 Å². The number of urea groups is 1. The van der Waals surface area contributed by atoms with E-state index in [2.05, 4.69) is 11.2 Å². The number of rotatable bonds is 4. The summed E-state index contributed by atoms with van der Waals surface area (Å²) in [6.07, 6.45) is 5.22. The summed E-state index contributed by atoms with van der Waals surface area (Å²) >= 11 is 0. The summed E-state index contributed by atoms with van der Waals surface area (Å²) in [7, 11) is 0. The monoisotopic (exact) mass is 288 g/mol. The first-order valence-corrected chi connectivity index (χ1v) is 6.61. The van der Waals surface area contributed by atoms with Crippen LogP contribution < -0.4 is 5.32 Å². The highest BCUT2D eigenvalue weighted by molar-refractivity contribution is 5.90. The van der Waals surface area contributed by atoms with Crippen LogP contribution in [0.25, 0.3) is 0 Å². The van der Waals surface area contributed by atoms with E-state index in [9.17, 15) is 9.59 Å². The Hall–Kier alpha value is -2.48. The average Bonchev–Trinajstić information content (AvgIpc) is 2.37. The molecule has 1 aromatic rings. The van der Waals surface area contributed by atoms with Gasteiger partial charge in [0.05, 0.1) is 6.42 Å². The first kappa shape index (κ1) is 16.6. The van der Waals surface area contributed by atoms with Crippen LogP contribution in [0.5, 0.6) is 0 Å². The summed E-state index contributed by atoms with van der Waals surface area (Å²) in [4.78, 5) is 24.5. The lowest BCUT2D eigenvalue weighted by Gasteiger charge is -2.35.